The summed E-state index contributed by atoms with van der Waals surface area (Å²) in [5.41, 5.74) is 1.32. The maximum Gasteiger partial charge on any atom is 0.335 e. The highest BCUT2D eigenvalue weighted by molar-refractivity contribution is 8.18. The van der Waals surface area contributed by atoms with Gasteiger partial charge in [-0.2, -0.15) is 0 Å². The van der Waals surface area contributed by atoms with Crippen LogP contribution in [-0.4, -0.2) is 40.8 Å². The van der Waals surface area contributed by atoms with E-state index in [9.17, 15) is 14.4 Å². The largest absolute Gasteiger partial charge is 0.493 e. The molecule has 1 saturated heterocycles. The quantitative estimate of drug-likeness (QED) is 0.489. The number of rotatable bonds is 7. The number of amides is 2. The zero-order valence-corrected chi connectivity index (χ0v) is 17.8. The number of benzene rings is 2. The predicted molar refractivity (Wildman–Crippen MR) is 117 cm³/mol. The van der Waals surface area contributed by atoms with Gasteiger partial charge in [0, 0.05) is 0 Å². The second-order valence-corrected chi connectivity index (χ2v) is 7.70. The molecule has 1 heterocycles. The Morgan fingerprint density at radius 3 is 2.77 bits per heavy atom. The molecule has 2 aromatic carbocycles. The topological polar surface area (TPSA) is 93.1 Å². The second-order valence-electron chi connectivity index (χ2n) is 6.30. The first-order chi connectivity index (χ1) is 14.8. The molecule has 2 aromatic rings. The van der Waals surface area contributed by atoms with Crippen molar-refractivity contribution in [1.82, 2.24) is 4.90 Å². The number of nitrogens with zero attached hydrogens (tertiary/aromatic N) is 1. The van der Waals surface area contributed by atoms with E-state index < -0.39 is 17.1 Å². The minimum absolute atomic E-state index is 0.0710. The Labute approximate surface area is 187 Å². The average molecular weight is 458 g/mol. The number of methoxy groups -OCH3 is 1. The lowest BCUT2D eigenvalue weighted by Gasteiger charge is -2.14. The zero-order chi connectivity index (χ0) is 22.5. The molecule has 0 saturated carbocycles. The number of carboxylic acid groups (broad SMARTS) is 1. The van der Waals surface area contributed by atoms with E-state index in [-0.39, 0.29) is 34.4 Å². The van der Waals surface area contributed by atoms with Gasteiger partial charge in [-0.05, 0) is 53.2 Å². The van der Waals surface area contributed by atoms with Gasteiger partial charge < -0.3 is 14.6 Å². The van der Waals surface area contributed by atoms with E-state index in [1.165, 1.54) is 25.3 Å². The van der Waals surface area contributed by atoms with Crippen LogP contribution >= 0.6 is 23.4 Å². The Morgan fingerprint density at radius 2 is 2.10 bits per heavy atom. The summed E-state index contributed by atoms with van der Waals surface area (Å²) in [5, 5.41) is 8.89. The molecule has 1 fully saturated rings. The van der Waals surface area contributed by atoms with Gasteiger partial charge in [0.25, 0.3) is 11.1 Å². The fourth-order valence-corrected chi connectivity index (χ4v) is 3.90. The van der Waals surface area contributed by atoms with Crippen molar-refractivity contribution >= 4 is 46.6 Å². The fourth-order valence-electron chi connectivity index (χ4n) is 2.79. The third kappa shape index (κ3) is 5.02. The Bertz CT molecular complexity index is 1140. The van der Waals surface area contributed by atoms with Crippen LogP contribution < -0.4 is 9.47 Å². The van der Waals surface area contributed by atoms with Crippen LogP contribution in [0.15, 0.2) is 41.3 Å². The van der Waals surface area contributed by atoms with E-state index in [0.29, 0.717) is 16.9 Å². The monoisotopic (exact) mass is 457 g/mol. The molecular weight excluding hydrogens is 442 g/mol. The van der Waals surface area contributed by atoms with Crippen molar-refractivity contribution in [2.45, 2.75) is 6.61 Å². The van der Waals surface area contributed by atoms with Crippen LogP contribution in [0.25, 0.3) is 6.08 Å². The van der Waals surface area contributed by atoms with Crippen molar-refractivity contribution in [1.29, 1.82) is 0 Å². The normalized spacial score (nSPS) is 14.6. The van der Waals surface area contributed by atoms with Gasteiger partial charge >= 0.3 is 5.97 Å². The maximum atomic E-state index is 12.3. The number of halogens is 1. The number of carbonyl (C=O) groups excluding carboxylic acids is 2. The van der Waals surface area contributed by atoms with Crippen molar-refractivity contribution in [2.24, 2.45) is 0 Å². The third-order valence-electron chi connectivity index (χ3n) is 4.23. The second kappa shape index (κ2) is 9.60. The molecule has 31 heavy (non-hydrogen) atoms. The van der Waals surface area contributed by atoms with Gasteiger partial charge in [0.15, 0.2) is 11.5 Å². The molecule has 0 unspecified atom stereocenters. The van der Waals surface area contributed by atoms with Crippen LogP contribution in [-0.2, 0) is 11.4 Å². The van der Waals surface area contributed by atoms with Crippen molar-refractivity contribution in [3.8, 4) is 23.8 Å². The van der Waals surface area contributed by atoms with Gasteiger partial charge in [0.05, 0.1) is 29.1 Å². The molecule has 0 atom stereocenters. The number of hydrogen-bond donors (Lipinski definition) is 1. The van der Waals surface area contributed by atoms with Gasteiger partial charge in [-0.3, -0.25) is 14.5 Å². The summed E-state index contributed by atoms with van der Waals surface area (Å²) < 4.78 is 11.1. The number of carbonyl (C=O) groups is 3. The number of hydrogen-bond acceptors (Lipinski definition) is 6. The molecular formula is C22H16ClNO6S. The first-order valence-electron chi connectivity index (χ1n) is 8.85. The van der Waals surface area contributed by atoms with Crippen molar-refractivity contribution in [3.05, 3.63) is 63.0 Å². The summed E-state index contributed by atoms with van der Waals surface area (Å²) in [5.74, 6) is 1.36. The van der Waals surface area contributed by atoms with Crippen LogP contribution in [0.2, 0.25) is 5.02 Å². The minimum Gasteiger partial charge on any atom is -0.493 e. The van der Waals surface area contributed by atoms with Gasteiger partial charge in [-0.25, -0.2) is 4.79 Å². The number of thioether (sulfide) groups is 1. The van der Waals surface area contributed by atoms with E-state index >= 15 is 0 Å². The minimum atomic E-state index is -1.03. The fraction of sp³-hybridized carbons (Fsp3) is 0.136. The molecule has 2 amide bonds. The van der Waals surface area contributed by atoms with Gasteiger partial charge in [0.1, 0.15) is 6.61 Å². The molecule has 0 bridgehead atoms. The van der Waals surface area contributed by atoms with Crippen LogP contribution in [0.3, 0.4) is 0 Å². The third-order valence-corrected chi connectivity index (χ3v) is 5.42. The highest BCUT2D eigenvalue weighted by Gasteiger charge is 2.34. The smallest absolute Gasteiger partial charge is 0.335 e. The Morgan fingerprint density at radius 1 is 1.32 bits per heavy atom. The van der Waals surface area contributed by atoms with Crippen LogP contribution in [0.1, 0.15) is 21.5 Å². The number of ether oxygens (including phenoxy) is 2. The predicted octanol–water partition coefficient (Wildman–Crippen LogP) is 4.30. The highest BCUT2D eigenvalue weighted by Crippen LogP contribution is 2.39. The molecule has 9 heteroatoms. The number of aromatic carboxylic acids is 1. The van der Waals surface area contributed by atoms with E-state index in [1.807, 2.05) is 0 Å². The lowest BCUT2D eigenvalue weighted by molar-refractivity contribution is -0.122. The van der Waals surface area contributed by atoms with Crippen LogP contribution in [0.5, 0.6) is 11.5 Å². The van der Waals surface area contributed by atoms with Crippen LogP contribution in [0.4, 0.5) is 4.79 Å². The maximum absolute atomic E-state index is 12.3. The van der Waals surface area contributed by atoms with Gasteiger partial charge in [-0.1, -0.05) is 29.7 Å². The van der Waals surface area contributed by atoms with Crippen molar-refractivity contribution in [2.75, 3.05) is 13.7 Å². The molecule has 0 spiro atoms. The summed E-state index contributed by atoms with van der Waals surface area (Å²) in [7, 11) is 1.44. The molecule has 7 nitrogen and oxygen atoms in total. The SMILES string of the molecule is C#CCN1C(=O)SC(=Cc2cc(Cl)c(OCc3cccc(C(=O)O)c3)c(OC)c2)C1=O. The molecule has 1 aliphatic rings. The summed E-state index contributed by atoms with van der Waals surface area (Å²) in [6.45, 7) is -0.0243. The van der Waals surface area contributed by atoms with Crippen molar-refractivity contribution in [3.63, 3.8) is 0 Å². The molecule has 0 radical (unpaired) electrons. The lowest BCUT2D eigenvalue weighted by atomic mass is 10.1. The number of carboxylic acids is 1. The van der Waals surface area contributed by atoms with E-state index in [4.69, 9.17) is 32.6 Å². The standard InChI is InChI=1S/C22H16ClNO6S/c1-3-7-24-20(25)18(31-22(24)28)11-14-9-16(23)19(17(10-14)29-2)30-12-13-5-4-6-15(8-13)21(26)27/h1,4-6,8-11H,7,12H2,2H3,(H,26,27). The summed E-state index contributed by atoms with van der Waals surface area (Å²) in [4.78, 5) is 36.6. The average Bonchev–Trinajstić information content (AvgIpc) is 3.00. The van der Waals surface area contributed by atoms with Crippen LogP contribution in [0, 0.1) is 12.3 Å². The Balaban J connectivity index is 1.83. The number of terminal acetylenes is 1. The van der Waals surface area contributed by atoms with Gasteiger partial charge in [0.2, 0.25) is 0 Å². The highest BCUT2D eigenvalue weighted by atomic mass is 35.5. The summed E-state index contributed by atoms with van der Waals surface area (Å²) in [6, 6.07) is 9.53. The molecule has 1 aliphatic heterocycles. The zero-order valence-electron chi connectivity index (χ0n) is 16.3. The molecule has 1 N–H and O–H groups in total. The van der Waals surface area contributed by atoms with E-state index in [1.54, 1.807) is 24.3 Å². The van der Waals surface area contributed by atoms with Crippen molar-refractivity contribution < 1.29 is 29.0 Å². The molecule has 3 rings (SSSR count). The first kappa shape index (κ1) is 22.3. The Hall–Kier alpha value is -3.41. The first-order valence-corrected chi connectivity index (χ1v) is 10.0. The summed E-state index contributed by atoms with van der Waals surface area (Å²) >= 11 is 7.16. The van der Waals surface area contributed by atoms with E-state index in [0.717, 1.165) is 16.7 Å². The Kier molecular flexibility index (Phi) is 6.90. The summed E-state index contributed by atoms with van der Waals surface area (Å²) in [6.07, 6.45) is 6.72. The molecule has 0 aromatic heterocycles. The number of imide groups is 1. The van der Waals surface area contributed by atoms with E-state index in [2.05, 4.69) is 5.92 Å². The van der Waals surface area contributed by atoms with Gasteiger partial charge in [-0.15, -0.1) is 6.42 Å². The molecule has 158 valence electrons. The lowest BCUT2D eigenvalue weighted by Crippen LogP contribution is -2.28. The molecule has 0 aliphatic carbocycles.